The van der Waals surface area contributed by atoms with Crippen molar-refractivity contribution in [1.82, 2.24) is 24.7 Å². The van der Waals surface area contributed by atoms with Crippen LogP contribution in [0.1, 0.15) is 10.5 Å². The van der Waals surface area contributed by atoms with Gasteiger partial charge in [0.25, 0.3) is 12.4 Å². The van der Waals surface area contributed by atoms with Crippen LogP contribution >= 0.6 is 0 Å². The molecule has 4 aromatic rings. The van der Waals surface area contributed by atoms with E-state index in [1.54, 1.807) is 48.6 Å². The van der Waals surface area contributed by atoms with E-state index in [0.717, 1.165) is 5.56 Å². The van der Waals surface area contributed by atoms with Gasteiger partial charge >= 0.3 is 0 Å². The minimum Gasteiger partial charge on any atom is -0.483 e. The van der Waals surface area contributed by atoms with Crippen molar-refractivity contribution in [3.8, 4) is 22.6 Å². The molecule has 0 aromatic carbocycles. The molecule has 4 N–H and O–H groups in total. The van der Waals surface area contributed by atoms with E-state index in [9.17, 15) is 4.79 Å². The van der Waals surface area contributed by atoms with Crippen molar-refractivity contribution in [2.24, 2.45) is 0 Å². The van der Waals surface area contributed by atoms with Crippen molar-refractivity contribution in [3.63, 3.8) is 0 Å². The molecule has 37 heavy (non-hydrogen) atoms. The van der Waals surface area contributed by atoms with Gasteiger partial charge in [-0.1, -0.05) is 12.1 Å². The predicted octanol–water partition coefficient (Wildman–Crippen LogP) is 2.60. The Bertz CT molecular complexity index is 1280. The van der Waals surface area contributed by atoms with Crippen molar-refractivity contribution in [3.05, 3.63) is 72.8 Å². The molecule has 12 heteroatoms. The van der Waals surface area contributed by atoms with Crippen molar-refractivity contribution >= 4 is 23.9 Å². The highest BCUT2D eigenvalue weighted by atomic mass is 16.5. The summed E-state index contributed by atoms with van der Waals surface area (Å²) in [5, 5.41) is 14.4. The Morgan fingerprint density at radius 1 is 1.08 bits per heavy atom. The van der Waals surface area contributed by atoms with E-state index in [0.29, 0.717) is 55.0 Å². The maximum Gasteiger partial charge on any atom is 0.290 e. The van der Waals surface area contributed by atoms with E-state index < -0.39 is 0 Å². The lowest BCUT2D eigenvalue weighted by Crippen LogP contribution is -2.14. The van der Waals surface area contributed by atoms with Crippen molar-refractivity contribution in [1.29, 1.82) is 0 Å². The van der Waals surface area contributed by atoms with E-state index in [-0.39, 0.29) is 18.1 Å². The SMILES string of the molecule is COCCOCCn1cc(NC(=O)c2cccc(-c3ccc(N)nc3)n2)c(-c2ccccn2)n1.O=CO. The van der Waals surface area contributed by atoms with Crippen LogP contribution in [0.3, 0.4) is 0 Å². The van der Waals surface area contributed by atoms with Crippen LogP contribution in [0.25, 0.3) is 22.6 Å². The molecular formula is C25H27N7O5. The summed E-state index contributed by atoms with van der Waals surface area (Å²) in [5.74, 6) is 0.0548. The second kappa shape index (κ2) is 14.0. The van der Waals surface area contributed by atoms with Gasteiger partial charge in [0.1, 0.15) is 17.2 Å². The average molecular weight is 506 g/mol. The van der Waals surface area contributed by atoms with Crippen LogP contribution in [0.4, 0.5) is 11.5 Å². The van der Waals surface area contributed by atoms with Gasteiger partial charge in [-0.15, -0.1) is 0 Å². The Hall–Kier alpha value is -4.68. The van der Waals surface area contributed by atoms with Crippen LogP contribution in [-0.4, -0.2) is 69.1 Å². The lowest BCUT2D eigenvalue weighted by Gasteiger charge is -2.07. The lowest BCUT2D eigenvalue weighted by atomic mass is 10.1. The maximum absolute atomic E-state index is 13.1. The number of nitrogens with one attached hydrogen (secondary N) is 1. The van der Waals surface area contributed by atoms with E-state index in [1.165, 1.54) is 0 Å². The molecule has 4 heterocycles. The van der Waals surface area contributed by atoms with Crippen LogP contribution in [-0.2, 0) is 20.8 Å². The van der Waals surface area contributed by atoms with Gasteiger partial charge in [-0.05, 0) is 36.4 Å². The molecule has 0 saturated heterocycles. The summed E-state index contributed by atoms with van der Waals surface area (Å²) in [5.41, 5.74) is 9.04. The third-order valence-electron chi connectivity index (χ3n) is 4.88. The van der Waals surface area contributed by atoms with Gasteiger partial charge in [-0.25, -0.2) is 9.97 Å². The Balaban J connectivity index is 0.00000121. The van der Waals surface area contributed by atoms with Crippen molar-refractivity contribution in [2.75, 3.05) is 38.0 Å². The molecule has 0 fully saturated rings. The number of methoxy groups -OCH3 is 1. The van der Waals surface area contributed by atoms with Gasteiger partial charge in [0.2, 0.25) is 0 Å². The molecule has 12 nitrogen and oxygen atoms in total. The summed E-state index contributed by atoms with van der Waals surface area (Å²) in [6.07, 6.45) is 5.06. The minimum atomic E-state index is -0.363. The molecule has 4 rings (SSSR count). The molecule has 0 saturated carbocycles. The topological polar surface area (TPSA) is 167 Å². The van der Waals surface area contributed by atoms with Gasteiger partial charge in [0.05, 0.1) is 43.4 Å². The van der Waals surface area contributed by atoms with Crippen LogP contribution in [0.15, 0.2) is 67.1 Å². The van der Waals surface area contributed by atoms with Crippen molar-refractivity contribution < 1.29 is 24.2 Å². The first kappa shape index (κ1) is 26.9. The van der Waals surface area contributed by atoms with Crippen LogP contribution in [0.2, 0.25) is 0 Å². The molecule has 0 aliphatic heterocycles. The average Bonchev–Trinajstić information content (AvgIpc) is 3.32. The van der Waals surface area contributed by atoms with Gasteiger partial charge in [-0.3, -0.25) is 19.3 Å². The van der Waals surface area contributed by atoms with Crippen LogP contribution in [0.5, 0.6) is 0 Å². The standard InChI is InChI=1S/C24H25N7O3.CH2O2/c1-33-13-14-34-12-11-31-16-21(23(30-31)19-5-2-3-10-26-19)29-24(32)20-7-4-6-18(28-20)17-8-9-22(25)27-15-17;2-1-3/h2-10,15-16H,11-14H2,1H3,(H2,25,27)(H,29,32);1H,(H,2,3). The molecule has 0 bridgehead atoms. The number of anilines is 2. The minimum absolute atomic E-state index is 0.250. The monoisotopic (exact) mass is 505 g/mol. The lowest BCUT2D eigenvalue weighted by molar-refractivity contribution is -0.122. The zero-order valence-electron chi connectivity index (χ0n) is 20.2. The molecule has 0 aliphatic rings. The third-order valence-corrected chi connectivity index (χ3v) is 4.88. The first-order valence-corrected chi connectivity index (χ1v) is 11.2. The smallest absolute Gasteiger partial charge is 0.290 e. The molecule has 0 spiro atoms. The quantitative estimate of drug-likeness (QED) is 0.215. The zero-order valence-corrected chi connectivity index (χ0v) is 20.2. The van der Waals surface area contributed by atoms with Gasteiger partial charge < -0.3 is 25.6 Å². The number of hydrogen-bond acceptors (Lipinski definition) is 9. The summed E-state index contributed by atoms with van der Waals surface area (Å²) in [7, 11) is 1.63. The normalized spacial score (nSPS) is 10.3. The molecule has 4 aromatic heterocycles. The highest BCUT2D eigenvalue weighted by molar-refractivity contribution is 6.04. The van der Waals surface area contributed by atoms with Gasteiger partial charge in [-0.2, -0.15) is 5.10 Å². The number of nitrogens with two attached hydrogens (primary N) is 1. The zero-order chi connectivity index (χ0) is 26.5. The molecule has 0 radical (unpaired) electrons. The van der Waals surface area contributed by atoms with Crippen LogP contribution in [0, 0.1) is 0 Å². The maximum atomic E-state index is 13.1. The first-order valence-electron chi connectivity index (χ1n) is 11.2. The van der Waals surface area contributed by atoms with E-state index >= 15 is 0 Å². The number of amides is 1. The molecular weight excluding hydrogens is 478 g/mol. The van der Waals surface area contributed by atoms with E-state index in [4.69, 9.17) is 25.1 Å². The number of aromatic nitrogens is 5. The first-order chi connectivity index (χ1) is 18.0. The van der Waals surface area contributed by atoms with Gasteiger partial charge in [0.15, 0.2) is 0 Å². The number of nitrogen functional groups attached to an aromatic ring is 1. The predicted molar refractivity (Wildman–Crippen MR) is 137 cm³/mol. The summed E-state index contributed by atoms with van der Waals surface area (Å²) in [6, 6.07) is 14.3. The fraction of sp³-hybridized carbons (Fsp3) is 0.200. The highest BCUT2D eigenvalue weighted by Gasteiger charge is 2.17. The summed E-state index contributed by atoms with van der Waals surface area (Å²) in [6.45, 7) is 1.74. The fourth-order valence-corrected chi connectivity index (χ4v) is 3.19. The summed E-state index contributed by atoms with van der Waals surface area (Å²) >= 11 is 0. The number of carboxylic acid groups (broad SMARTS) is 1. The largest absolute Gasteiger partial charge is 0.483 e. The number of nitrogens with zero attached hydrogens (tertiary/aromatic N) is 5. The second-order valence-electron chi connectivity index (χ2n) is 7.41. The Labute approximate surface area is 213 Å². The highest BCUT2D eigenvalue weighted by Crippen LogP contribution is 2.25. The number of pyridine rings is 3. The summed E-state index contributed by atoms with van der Waals surface area (Å²) in [4.78, 5) is 34.4. The molecule has 0 aliphatic carbocycles. The number of carbonyl (C=O) groups excluding carboxylic acids is 1. The second-order valence-corrected chi connectivity index (χ2v) is 7.41. The molecule has 1 amide bonds. The third kappa shape index (κ3) is 7.92. The number of hydrogen-bond donors (Lipinski definition) is 3. The van der Waals surface area contributed by atoms with Crippen molar-refractivity contribution in [2.45, 2.75) is 6.54 Å². The van der Waals surface area contributed by atoms with E-state index in [1.807, 2.05) is 30.3 Å². The Morgan fingerprint density at radius 2 is 1.89 bits per heavy atom. The van der Waals surface area contributed by atoms with E-state index in [2.05, 4.69) is 25.4 Å². The molecule has 192 valence electrons. The molecule has 0 unspecified atom stereocenters. The number of rotatable bonds is 10. The fourth-order valence-electron chi connectivity index (χ4n) is 3.19. The van der Waals surface area contributed by atoms with Crippen LogP contribution < -0.4 is 11.1 Å². The summed E-state index contributed by atoms with van der Waals surface area (Å²) < 4.78 is 12.2. The Kier molecular flexibility index (Phi) is 10.2. The number of carbonyl (C=O) groups is 2. The molecule has 0 atom stereocenters. The van der Waals surface area contributed by atoms with Gasteiger partial charge in [0, 0.05) is 31.3 Å². The number of ether oxygens (including phenoxy) is 2. The Morgan fingerprint density at radius 3 is 2.59 bits per heavy atom.